The Morgan fingerprint density at radius 2 is 1.68 bits per heavy atom. The third kappa shape index (κ3) is 5.06. The third-order valence-corrected chi connectivity index (χ3v) is 6.61. The average Bonchev–Trinajstić information content (AvgIpc) is 3.62. The summed E-state index contributed by atoms with van der Waals surface area (Å²) in [6.45, 7) is 0.0564. The smallest absolute Gasteiger partial charge is 0.249 e. The maximum absolute atomic E-state index is 14.1. The second kappa shape index (κ2) is 10.9. The average molecular weight is 538 g/mol. The highest BCUT2D eigenvalue weighted by Crippen LogP contribution is 2.38. The predicted molar refractivity (Wildman–Crippen MR) is 145 cm³/mol. The summed E-state index contributed by atoms with van der Waals surface area (Å²) < 4.78 is 25.9. The summed E-state index contributed by atoms with van der Waals surface area (Å²) in [5, 5.41) is 11.2. The number of hydrogen-bond acceptors (Lipinski definition) is 6. The maximum atomic E-state index is 14.1. The van der Waals surface area contributed by atoms with Gasteiger partial charge in [-0.05, 0) is 47.5 Å². The standard InChI is InChI=1S/C30H24FN5O4/c31-22-12-10-20(11-13-22)17-32-30(38)29(21-6-2-1-3-7-21)36(23-14-15-26-27(16-23)40-19-39-26)28(37)18-35-25-9-5-4-8-24(25)33-34-35/h1-16,29H,17-19H2,(H,32,38)/t29-/m0/s1. The highest BCUT2D eigenvalue weighted by Gasteiger charge is 2.34. The van der Waals surface area contributed by atoms with Gasteiger partial charge in [-0.2, -0.15) is 0 Å². The Balaban J connectivity index is 1.39. The number of benzene rings is 4. The van der Waals surface area contributed by atoms with Crippen LogP contribution in [0.2, 0.25) is 0 Å². The number of hydrogen-bond donors (Lipinski definition) is 1. The Morgan fingerprint density at radius 3 is 2.50 bits per heavy atom. The molecule has 0 radical (unpaired) electrons. The molecule has 6 rings (SSSR count). The first kappa shape index (κ1) is 25.1. The summed E-state index contributed by atoms with van der Waals surface area (Å²) in [5.41, 5.74) is 3.12. The zero-order valence-electron chi connectivity index (χ0n) is 21.2. The van der Waals surface area contributed by atoms with Gasteiger partial charge in [0.15, 0.2) is 11.5 Å². The van der Waals surface area contributed by atoms with Gasteiger partial charge >= 0.3 is 0 Å². The molecule has 4 aromatic carbocycles. The lowest BCUT2D eigenvalue weighted by atomic mass is 10.0. The van der Waals surface area contributed by atoms with Gasteiger partial charge < -0.3 is 14.8 Å². The third-order valence-electron chi connectivity index (χ3n) is 6.61. The molecule has 40 heavy (non-hydrogen) atoms. The number of amides is 2. The van der Waals surface area contributed by atoms with Crippen molar-refractivity contribution in [2.24, 2.45) is 0 Å². The zero-order chi connectivity index (χ0) is 27.5. The number of anilines is 1. The van der Waals surface area contributed by atoms with Crippen LogP contribution in [0.1, 0.15) is 17.2 Å². The first-order valence-electron chi connectivity index (χ1n) is 12.6. The number of aromatic nitrogens is 3. The molecular weight excluding hydrogens is 513 g/mol. The van der Waals surface area contributed by atoms with E-state index in [1.165, 1.54) is 21.7 Å². The monoisotopic (exact) mass is 537 g/mol. The number of fused-ring (bicyclic) bond motifs is 2. The molecule has 2 heterocycles. The molecule has 0 spiro atoms. The second-order valence-electron chi connectivity index (χ2n) is 9.19. The predicted octanol–water partition coefficient (Wildman–Crippen LogP) is 4.39. The number of ether oxygens (including phenoxy) is 2. The van der Waals surface area contributed by atoms with Gasteiger partial charge in [0.1, 0.15) is 23.9 Å². The van der Waals surface area contributed by atoms with E-state index in [9.17, 15) is 14.0 Å². The topological polar surface area (TPSA) is 98.6 Å². The van der Waals surface area contributed by atoms with Gasteiger partial charge in [-0.1, -0.05) is 59.8 Å². The van der Waals surface area contributed by atoms with Gasteiger partial charge in [0.25, 0.3) is 0 Å². The number of carbonyl (C=O) groups is 2. The van der Waals surface area contributed by atoms with Crippen LogP contribution in [0.25, 0.3) is 11.0 Å². The summed E-state index contributed by atoms with van der Waals surface area (Å²) in [6, 6.07) is 26.3. The van der Waals surface area contributed by atoms with E-state index in [0.717, 1.165) is 5.56 Å². The number of halogens is 1. The number of nitrogens with zero attached hydrogens (tertiary/aromatic N) is 4. The Bertz CT molecular complexity index is 1670. The molecule has 1 aliphatic heterocycles. The summed E-state index contributed by atoms with van der Waals surface area (Å²) in [7, 11) is 0. The Labute approximate surface area is 228 Å². The van der Waals surface area contributed by atoms with Gasteiger partial charge in [-0.3, -0.25) is 14.5 Å². The minimum Gasteiger partial charge on any atom is -0.454 e. The van der Waals surface area contributed by atoms with E-state index in [2.05, 4.69) is 15.6 Å². The fraction of sp³-hybridized carbons (Fsp3) is 0.133. The highest BCUT2D eigenvalue weighted by molar-refractivity contribution is 6.01. The van der Waals surface area contributed by atoms with Crippen LogP contribution >= 0.6 is 0 Å². The summed E-state index contributed by atoms with van der Waals surface area (Å²) in [5.74, 6) is -0.141. The molecule has 200 valence electrons. The van der Waals surface area contributed by atoms with E-state index in [1.807, 2.05) is 42.5 Å². The number of para-hydroxylation sites is 1. The number of nitrogens with one attached hydrogen (secondary N) is 1. The SMILES string of the molecule is O=C(NCc1ccc(F)cc1)[C@H](c1ccccc1)N(C(=O)Cn1nnc2ccccc21)c1ccc2c(c1)OCO2. The van der Waals surface area contributed by atoms with Crippen LogP contribution in [0.3, 0.4) is 0 Å². The molecule has 9 nitrogen and oxygen atoms in total. The first-order valence-corrected chi connectivity index (χ1v) is 12.6. The van der Waals surface area contributed by atoms with Crippen LogP contribution < -0.4 is 19.7 Å². The van der Waals surface area contributed by atoms with Gasteiger partial charge in [0.05, 0.1) is 5.52 Å². The van der Waals surface area contributed by atoms with Crippen molar-refractivity contribution in [3.05, 3.63) is 114 Å². The lowest BCUT2D eigenvalue weighted by Gasteiger charge is -2.31. The lowest BCUT2D eigenvalue weighted by Crippen LogP contribution is -2.45. The highest BCUT2D eigenvalue weighted by atomic mass is 19.1. The molecule has 1 aliphatic rings. The van der Waals surface area contributed by atoms with Crippen molar-refractivity contribution in [2.75, 3.05) is 11.7 Å². The fourth-order valence-electron chi connectivity index (χ4n) is 4.65. The Morgan fingerprint density at radius 1 is 0.925 bits per heavy atom. The Hall–Kier alpha value is -5.25. The molecule has 10 heteroatoms. The normalized spacial score (nSPS) is 12.7. The number of rotatable bonds is 8. The van der Waals surface area contributed by atoms with E-state index in [-0.39, 0.29) is 31.6 Å². The van der Waals surface area contributed by atoms with Crippen molar-refractivity contribution in [3.8, 4) is 11.5 Å². The zero-order valence-corrected chi connectivity index (χ0v) is 21.2. The van der Waals surface area contributed by atoms with Gasteiger partial charge in [0.2, 0.25) is 18.6 Å². The molecule has 0 bridgehead atoms. The molecule has 5 aromatic rings. The molecule has 1 aromatic heterocycles. The minimum absolute atomic E-state index is 0.0674. The molecule has 0 aliphatic carbocycles. The van der Waals surface area contributed by atoms with Crippen LogP contribution in [0.4, 0.5) is 10.1 Å². The summed E-state index contributed by atoms with van der Waals surface area (Å²) in [4.78, 5) is 29.4. The molecule has 2 amide bonds. The second-order valence-corrected chi connectivity index (χ2v) is 9.19. The van der Waals surface area contributed by atoms with Crippen molar-refractivity contribution >= 4 is 28.5 Å². The first-order chi connectivity index (χ1) is 19.6. The molecule has 1 N–H and O–H groups in total. The van der Waals surface area contributed by atoms with E-state index < -0.39 is 11.9 Å². The van der Waals surface area contributed by atoms with Crippen LogP contribution in [0, 0.1) is 5.82 Å². The molecular formula is C30H24FN5O4. The van der Waals surface area contributed by atoms with E-state index >= 15 is 0 Å². The van der Waals surface area contributed by atoms with Crippen molar-refractivity contribution in [3.63, 3.8) is 0 Å². The van der Waals surface area contributed by atoms with E-state index in [1.54, 1.807) is 42.5 Å². The molecule has 1 atom stereocenters. The fourth-order valence-corrected chi connectivity index (χ4v) is 4.65. The summed E-state index contributed by atoms with van der Waals surface area (Å²) >= 11 is 0. The molecule has 0 fully saturated rings. The molecule has 0 unspecified atom stereocenters. The van der Waals surface area contributed by atoms with Crippen molar-refractivity contribution in [1.29, 1.82) is 0 Å². The van der Waals surface area contributed by atoms with Crippen LogP contribution in [-0.2, 0) is 22.7 Å². The van der Waals surface area contributed by atoms with Crippen LogP contribution in [0.15, 0.2) is 97.1 Å². The van der Waals surface area contributed by atoms with Crippen LogP contribution in [0.5, 0.6) is 11.5 Å². The van der Waals surface area contributed by atoms with Gasteiger partial charge in [-0.25, -0.2) is 9.07 Å². The molecule has 0 saturated carbocycles. The minimum atomic E-state index is -1.04. The molecule has 0 saturated heterocycles. The Kier molecular flexibility index (Phi) is 6.80. The largest absolute Gasteiger partial charge is 0.454 e. The van der Waals surface area contributed by atoms with Gasteiger partial charge in [-0.15, -0.1) is 5.10 Å². The lowest BCUT2D eigenvalue weighted by molar-refractivity contribution is -0.127. The van der Waals surface area contributed by atoms with Crippen molar-refractivity contribution in [1.82, 2.24) is 20.3 Å². The van der Waals surface area contributed by atoms with Crippen molar-refractivity contribution in [2.45, 2.75) is 19.1 Å². The van der Waals surface area contributed by atoms with Crippen molar-refractivity contribution < 1.29 is 23.5 Å². The maximum Gasteiger partial charge on any atom is 0.249 e. The quantitative estimate of drug-likeness (QED) is 0.315. The van der Waals surface area contributed by atoms with E-state index in [4.69, 9.17) is 9.47 Å². The number of carbonyl (C=O) groups excluding carboxylic acids is 2. The van der Waals surface area contributed by atoms with E-state index in [0.29, 0.717) is 33.8 Å². The van der Waals surface area contributed by atoms with Gasteiger partial charge in [0, 0.05) is 18.3 Å². The summed E-state index contributed by atoms with van der Waals surface area (Å²) in [6.07, 6.45) is 0. The van der Waals surface area contributed by atoms with Crippen LogP contribution in [-0.4, -0.2) is 33.6 Å².